The molecule has 0 aromatic rings. The van der Waals surface area contributed by atoms with E-state index in [9.17, 15) is 9.59 Å². The fourth-order valence-electron chi connectivity index (χ4n) is 2.34. The summed E-state index contributed by atoms with van der Waals surface area (Å²) < 4.78 is 0. The van der Waals surface area contributed by atoms with E-state index in [2.05, 4.69) is 18.7 Å². The van der Waals surface area contributed by atoms with E-state index in [1.165, 1.54) is 0 Å². The molecule has 1 aliphatic heterocycles. The van der Waals surface area contributed by atoms with Crippen LogP contribution in [0, 0.1) is 5.92 Å². The molecular weight excluding hydrogens is 232 g/mol. The summed E-state index contributed by atoms with van der Waals surface area (Å²) in [6.45, 7) is 8.10. The van der Waals surface area contributed by atoms with Gasteiger partial charge in [0.1, 0.15) is 0 Å². The molecule has 104 valence electrons. The summed E-state index contributed by atoms with van der Waals surface area (Å²) in [5.74, 6) is -1.07. The van der Waals surface area contributed by atoms with Crippen LogP contribution in [0.2, 0.25) is 0 Å². The van der Waals surface area contributed by atoms with Gasteiger partial charge in [0.15, 0.2) is 0 Å². The van der Waals surface area contributed by atoms with Gasteiger partial charge in [-0.25, -0.2) is 0 Å². The number of rotatable bonds is 7. The lowest BCUT2D eigenvalue weighted by Gasteiger charge is -2.32. The highest BCUT2D eigenvalue weighted by Gasteiger charge is 2.29. The molecule has 0 aliphatic carbocycles. The minimum Gasteiger partial charge on any atom is -0.481 e. The van der Waals surface area contributed by atoms with E-state index >= 15 is 0 Å². The normalized spacial score (nSPS) is 20.5. The van der Waals surface area contributed by atoms with Gasteiger partial charge in [0.05, 0.1) is 5.92 Å². The first-order valence-electron chi connectivity index (χ1n) is 6.81. The first-order chi connectivity index (χ1) is 8.58. The Balaban J connectivity index is 2.43. The average Bonchev–Trinajstić information content (AvgIpc) is 2.35. The summed E-state index contributed by atoms with van der Waals surface area (Å²) in [4.78, 5) is 26.7. The topological polar surface area (TPSA) is 60.9 Å². The Kier molecular flexibility index (Phi) is 6.12. The maximum absolute atomic E-state index is 11.7. The molecule has 0 aromatic heterocycles. The molecule has 0 aromatic carbocycles. The molecule has 1 aliphatic rings. The van der Waals surface area contributed by atoms with E-state index < -0.39 is 5.97 Å². The summed E-state index contributed by atoms with van der Waals surface area (Å²) >= 11 is 0. The predicted octanol–water partition coefficient (Wildman–Crippen LogP) is 1.04. The molecule has 0 bridgehead atoms. The van der Waals surface area contributed by atoms with Crippen molar-refractivity contribution in [1.82, 2.24) is 9.80 Å². The average molecular weight is 256 g/mol. The maximum atomic E-state index is 11.7. The molecule has 1 fully saturated rings. The highest BCUT2D eigenvalue weighted by Crippen LogP contribution is 2.17. The Hall–Kier alpha value is -1.10. The summed E-state index contributed by atoms with van der Waals surface area (Å²) in [5, 5.41) is 9.00. The molecule has 0 saturated carbocycles. The number of carboxylic acids is 1. The lowest BCUT2D eigenvalue weighted by Crippen LogP contribution is -2.46. The number of piperidine rings is 1. The molecule has 0 spiro atoms. The van der Waals surface area contributed by atoms with Crippen LogP contribution in [-0.4, -0.2) is 59.5 Å². The van der Waals surface area contributed by atoms with E-state index in [4.69, 9.17) is 5.11 Å². The third-order valence-corrected chi connectivity index (χ3v) is 3.52. The molecule has 1 amide bonds. The Morgan fingerprint density at radius 1 is 1.44 bits per heavy atom. The van der Waals surface area contributed by atoms with Gasteiger partial charge in [-0.3, -0.25) is 9.59 Å². The first-order valence-corrected chi connectivity index (χ1v) is 6.81. The number of amides is 1. The molecule has 1 atom stereocenters. The number of carbonyl (C=O) groups excluding carboxylic acids is 1. The Bertz CT molecular complexity index is 294. The van der Waals surface area contributed by atoms with Gasteiger partial charge in [-0.2, -0.15) is 0 Å². The molecule has 5 nitrogen and oxygen atoms in total. The predicted molar refractivity (Wildman–Crippen MR) is 69.3 cm³/mol. The van der Waals surface area contributed by atoms with Crippen molar-refractivity contribution in [2.45, 2.75) is 33.1 Å². The van der Waals surface area contributed by atoms with Crippen molar-refractivity contribution >= 4 is 11.9 Å². The molecule has 0 radical (unpaired) electrons. The smallest absolute Gasteiger partial charge is 0.308 e. The van der Waals surface area contributed by atoms with Gasteiger partial charge < -0.3 is 14.9 Å². The number of likely N-dealkylation sites (N-methyl/N-ethyl adjacent to an activating group) is 1. The van der Waals surface area contributed by atoms with E-state index in [-0.39, 0.29) is 11.8 Å². The van der Waals surface area contributed by atoms with Crippen LogP contribution in [0.5, 0.6) is 0 Å². The monoisotopic (exact) mass is 256 g/mol. The second-order valence-electron chi connectivity index (χ2n) is 4.85. The summed E-state index contributed by atoms with van der Waals surface area (Å²) in [5.41, 5.74) is 0. The molecule has 1 saturated heterocycles. The van der Waals surface area contributed by atoms with Crippen molar-refractivity contribution in [3.05, 3.63) is 0 Å². The summed E-state index contributed by atoms with van der Waals surface area (Å²) in [6.07, 6.45) is 1.95. The zero-order valence-electron chi connectivity index (χ0n) is 11.4. The highest BCUT2D eigenvalue weighted by atomic mass is 16.4. The van der Waals surface area contributed by atoms with Gasteiger partial charge in [0, 0.05) is 26.1 Å². The van der Waals surface area contributed by atoms with Crippen molar-refractivity contribution in [1.29, 1.82) is 0 Å². The van der Waals surface area contributed by atoms with Crippen LogP contribution in [0.15, 0.2) is 0 Å². The van der Waals surface area contributed by atoms with Gasteiger partial charge in [-0.05, 0) is 25.9 Å². The summed E-state index contributed by atoms with van der Waals surface area (Å²) in [7, 11) is 0. The van der Waals surface area contributed by atoms with Gasteiger partial charge in [0.25, 0.3) is 0 Å². The number of nitrogens with zero attached hydrogens (tertiary/aromatic N) is 2. The van der Waals surface area contributed by atoms with Crippen molar-refractivity contribution < 1.29 is 14.7 Å². The number of carboxylic acid groups (broad SMARTS) is 1. The minimum atomic E-state index is -0.784. The number of likely N-dealkylation sites (tertiary alicyclic amines) is 1. The fraction of sp³-hybridized carbons (Fsp3) is 0.846. The van der Waals surface area contributed by atoms with Crippen LogP contribution < -0.4 is 0 Å². The third kappa shape index (κ3) is 4.29. The molecule has 1 rings (SSSR count). The first kappa shape index (κ1) is 15.0. The number of aliphatic carboxylic acids is 1. The fourth-order valence-corrected chi connectivity index (χ4v) is 2.34. The van der Waals surface area contributed by atoms with Crippen molar-refractivity contribution in [2.75, 3.05) is 32.7 Å². The Morgan fingerprint density at radius 3 is 2.72 bits per heavy atom. The van der Waals surface area contributed by atoms with Crippen LogP contribution in [-0.2, 0) is 9.59 Å². The van der Waals surface area contributed by atoms with Crippen LogP contribution >= 0.6 is 0 Å². The molecule has 18 heavy (non-hydrogen) atoms. The summed E-state index contributed by atoms with van der Waals surface area (Å²) in [6, 6.07) is 0. The van der Waals surface area contributed by atoms with Crippen LogP contribution in [0.25, 0.3) is 0 Å². The second-order valence-corrected chi connectivity index (χ2v) is 4.85. The van der Waals surface area contributed by atoms with E-state index in [1.54, 1.807) is 4.90 Å². The van der Waals surface area contributed by atoms with E-state index in [1.807, 2.05) is 0 Å². The van der Waals surface area contributed by atoms with E-state index in [0.717, 1.165) is 26.1 Å². The number of carbonyl (C=O) groups is 2. The largest absolute Gasteiger partial charge is 0.481 e. The maximum Gasteiger partial charge on any atom is 0.308 e. The SMILES string of the molecule is CCCN(CC)CCN1CC(C(=O)O)CCC1=O. The molecular formula is C13H24N2O3. The van der Waals surface area contributed by atoms with Gasteiger partial charge in [-0.1, -0.05) is 13.8 Å². The van der Waals surface area contributed by atoms with Gasteiger partial charge >= 0.3 is 5.97 Å². The second kappa shape index (κ2) is 7.36. The Morgan fingerprint density at radius 2 is 2.17 bits per heavy atom. The lowest BCUT2D eigenvalue weighted by molar-refractivity contribution is -0.147. The van der Waals surface area contributed by atoms with Crippen molar-refractivity contribution in [2.24, 2.45) is 5.92 Å². The standard InChI is InChI=1S/C13H24N2O3/c1-3-7-14(4-2)8-9-15-10-11(13(17)18)5-6-12(15)16/h11H,3-10H2,1-2H3,(H,17,18). The minimum absolute atomic E-state index is 0.0973. The van der Waals surface area contributed by atoms with Crippen molar-refractivity contribution in [3.8, 4) is 0 Å². The van der Waals surface area contributed by atoms with Gasteiger partial charge in [-0.15, -0.1) is 0 Å². The number of hydrogen-bond acceptors (Lipinski definition) is 3. The van der Waals surface area contributed by atoms with Crippen molar-refractivity contribution in [3.63, 3.8) is 0 Å². The number of hydrogen-bond donors (Lipinski definition) is 1. The highest BCUT2D eigenvalue weighted by molar-refractivity contribution is 5.80. The van der Waals surface area contributed by atoms with Crippen LogP contribution in [0.4, 0.5) is 0 Å². The zero-order valence-corrected chi connectivity index (χ0v) is 11.4. The molecule has 5 heteroatoms. The quantitative estimate of drug-likeness (QED) is 0.739. The molecule has 1 heterocycles. The van der Waals surface area contributed by atoms with Crippen LogP contribution in [0.3, 0.4) is 0 Å². The van der Waals surface area contributed by atoms with Crippen LogP contribution in [0.1, 0.15) is 33.1 Å². The molecule has 1 N–H and O–H groups in total. The third-order valence-electron chi connectivity index (χ3n) is 3.52. The molecule has 1 unspecified atom stereocenters. The van der Waals surface area contributed by atoms with Gasteiger partial charge in [0.2, 0.25) is 5.91 Å². The van der Waals surface area contributed by atoms with E-state index in [0.29, 0.717) is 25.9 Å². The zero-order chi connectivity index (χ0) is 13.5. The lowest BCUT2D eigenvalue weighted by atomic mass is 9.98. The Labute approximate surface area is 109 Å².